The highest BCUT2D eigenvalue weighted by Crippen LogP contribution is 2.44. The molecule has 1 aromatic rings. The summed E-state index contributed by atoms with van der Waals surface area (Å²) in [4.78, 5) is 36.9. The lowest BCUT2D eigenvalue weighted by Crippen LogP contribution is -2.18. The van der Waals surface area contributed by atoms with Crippen LogP contribution in [0.2, 0.25) is 0 Å². The highest BCUT2D eigenvalue weighted by molar-refractivity contribution is 6.22. The molecule has 1 atom stereocenters. The molecular formula is C19H16O6. The number of esters is 1. The van der Waals surface area contributed by atoms with Gasteiger partial charge in [0.1, 0.15) is 11.5 Å². The minimum absolute atomic E-state index is 0.105. The third-order valence-corrected chi connectivity index (χ3v) is 4.05. The van der Waals surface area contributed by atoms with Crippen molar-refractivity contribution < 1.29 is 28.6 Å². The van der Waals surface area contributed by atoms with E-state index >= 15 is 0 Å². The van der Waals surface area contributed by atoms with E-state index in [1.54, 1.807) is 25.1 Å². The summed E-state index contributed by atoms with van der Waals surface area (Å²) in [6.45, 7) is 1.76. The molecule has 0 fully saturated rings. The van der Waals surface area contributed by atoms with Gasteiger partial charge >= 0.3 is 5.97 Å². The van der Waals surface area contributed by atoms with Crippen molar-refractivity contribution in [1.29, 1.82) is 0 Å². The van der Waals surface area contributed by atoms with Crippen LogP contribution in [0.25, 0.3) is 0 Å². The third-order valence-electron chi connectivity index (χ3n) is 4.05. The summed E-state index contributed by atoms with van der Waals surface area (Å²) in [7, 11) is 2.92. The molecule has 2 aliphatic rings. The SMILES string of the molecule is C/C=C/C1=CC(=O)C([C@@H]2OC(=O)c3cc(OC)cc(OC)c32)=CC1=O. The molecular weight excluding hydrogens is 324 g/mol. The molecule has 1 aliphatic carbocycles. The first kappa shape index (κ1) is 16.7. The summed E-state index contributed by atoms with van der Waals surface area (Å²) in [6, 6.07) is 3.13. The Morgan fingerprint density at radius 3 is 2.44 bits per heavy atom. The quantitative estimate of drug-likeness (QED) is 0.619. The molecule has 0 saturated heterocycles. The fourth-order valence-corrected chi connectivity index (χ4v) is 2.88. The number of methoxy groups -OCH3 is 2. The van der Waals surface area contributed by atoms with Crippen LogP contribution >= 0.6 is 0 Å². The normalized spacial score (nSPS) is 19.5. The summed E-state index contributed by atoms with van der Waals surface area (Å²) in [5.74, 6) is -0.499. The van der Waals surface area contributed by atoms with E-state index in [9.17, 15) is 14.4 Å². The Kier molecular flexibility index (Phi) is 4.27. The standard InChI is InChI=1S/C19H16O6/c1-4-5-10-6-15(21)12(9-14(10)20)18-17-13(19(22)25-18)7-11(23-2)8-16(17)24-3/h4-9,18H,1-3H3/b5-4+/t18-/m0/s1. The predicted octanol–water partition coefficient (Wildman–Crippen LogP) is 2.50. The molecule has 0 radical (unpaired) electrons. The van der Waals surface area contributed by atoms with E-state index in [1.165, 1.54) is 32.4 Å². The van der Waals surface area contributed by atoms with Crippen LogP contribution in [0.5, 0.6) is 11.5 Å². The Balaban J connectivity index is 2.09. The van der Waals surface area contributed by atoms with Gasteiger partial charge in [0.05, 0.1) is 25.3 Å². The summed E-state index contributed by atoms with van der Waals surface area (Å²) in [5, 5.41) is 0. The number of rotatable bonds is 4. The summed E-state index contributed by atoms with van der Waals surface area (Å²) in [5.41, 5.74) is 1.07. The number of cyclic esters (lactones) is 1. The zero-order valence-electron chi connectivity index (χ0n) is 14.0. The molecule has 0 aromatic heterocycles. The van der Waals surface area contributed by atoms with Gasteiger partial charge < -0.3 is 14.2 Å². The van der Waals surface area contributed by atoms with Crippen LogP contribution in [0.4, 0.5) is 0 Å². The Bertz CT molecular complexity index is 872. The summed E-state index contributed by atoms with van der Waals surface area (Å²) >= 11 is 0. The van der Waals surface area contributed by atoms with Crippen LogP contribution in [0.3, 0.4) is 0 Å². The van der Waals surface area contributed by atoms with Crippen molar-refractivity contribution in [3.05, 3.63) is 58.7 Å². The molecule has 0 amide bonds. The molecule has 6 nitrogen and oxygen atoms in total. The van der Waals surface area contributed by atoms with Crippen molar-refractivity contribution in [2.75, 3.05) is 14.2 Å². The monoisotopic (exact) mass is 340 g/mol. The van der Waals surface area contributed by atoms with Gasteiger partial charge in [-0.1, -0.05) is 12.2 Å². The number of allylic oxidation sites excluding steroid dienone is 5. The van der Waals surface area contributed by atoms with Gasteiger partial charge in [-0.15, -0.1) is 0 Å². The molecule has 1 aliphatic heterocycles. The van der Waals surface area contributed by atoms with E-state index in [0.717, 1.165) is 0 Å². The lowest BCUT2D eigenvalue weighted by Gasteiger charge is -2.18. The summed E-state index contributed by atoms with van der Waals surface area (Å²) in [6.07, 6.45) is 4.72. The second-order valence-electron chi connectivity index (χ2n) is 5.50. The van der Waals surface area contributed by atoms with Gasteiger partial charge in [-0.05, 0) is 25.1 Å². The molecule has 1 heterocycles. The maximum Gasteiger partial charge on any atom is 0.339 e. The van der Waals surface area contributed by atoms with E-state index in [2.05, 4.69) is 0 Å². The first-order valence-corrected chi connectivity index (χ1v) is 7.61. The zero-order chi connectivity index (χ0) is 18.1. The Labute approximate surface area is 144 Å². The number of hydrogen-bond donors (Lipinski definition) is 0. The van der Waals surface area contributed by atoms with E-state index in [-0.39, 0.29) is 22.7 Å². The van der Waals surface area contributed by atoms with Crippen LogP contribution in [-0.4, -0.2) is 31.8 Å². The highest BCUT2D eigenvalue weighted by atomic mass is 16.6. The smallest absolute Gasteiger partial charge is 0.339 e. The second kappa shape index (κ2) is 6.39. The topological polar surface area (TPSA) is 78.9 Å². The number of ketones is 2. The maximum atomic E-state index is 12.5. The number of carbonyl (C=O) groups is 3. The zero-order valence-corrected chi connectivity index (χ0v) is 14.0. The van der Waals surface area contributed by atoms with Gasteiger partial charge in [-0.25, -0.2) is 4.79 Å². The lowest BCUT2D eigenvalue weighted by atomic mass is 9.89. The van der Waals surface area contributed by atoms with Gasteiger partial charge in [-0.3, -0.25) is 9.59 Å². The van der Waals surface area contributed by atoms with Gasteiger partial charge in [0, 0.05) is 17.2 Å². The number of fused-ring (bicyclic) bond motifs is 1. The van der Waals surface area contributed by atoms with Crippen molar-refractivity contribution >= 4 is 17.5 Å². The van der Waals surface area contributed by atoms with Crippen LogP contribution in [0.1, 0.15) is 28.9 Å². The van der Waals surface area contributed by atoms with Gasteiger partial charge in [0.25, 0.3) is 0 Å². The molecule has 0 unspecified atom stereocenters. The first-order valence-electron chi connectivity index (χ1n) is 7.61. The minimum Gasteiger partial charge on any atom is -0.497 e. The Morgan fingerprint density at radius 1 is 1.04 bits per heavy atom. The number of hydrogen-bond acceptors (Lipinski definition) is 6. The minimum atomic E-state index is -0.983. The highest BCUT2D eigenvalue weighted by Gasteiger charge is 2.40. The molecule has 0 spiro atoms. The average Bonchev–Trinajstić information content (AvgIpc) is 2.94. The van der Waals surface area contributed by atoms with Crippen molar-refractivity contribution in [3.8, 4) is 11.5 Å². The van der Waals surface area contributed by atoms with Gasteiger partial charge in [0.2, 0.25) is 0 Å². The maximum absolute atomic E-state index is 12.5. The van der Waals surface area contributed by atoms with E-state index < -0.39 is 12.1 Å². The fourth-order valence-electron chi connectivity index (χ4n) is 2.88. The molecule has 0 bridgehead atoms. The molecule has 0 N–H and O–H groups in total. The largest absolute Gasteiger partial charge is 0.497 e. The first-order chi connectivity index (χ1) is 12.0. The van der Waals surface area contributed by atoms with Crippen LogP contribution < -0.4 is 9.47 Å². The summed E-state index contributed by atoms with van der Waals surface area (Å²) < 4.78 is 15.8. The number of carbonyl (C=O) groups excluding carboxylic acids is 3. The van der Waals surface area contributed by atoms with Crippen LogP contribution in [0.15, 0.2) is 47.6 Å². The molecule has 0 saturated carbocycles. The Hall–Kier alpha value is -3.15. The third kappa shape index (κ3) is 2.76. The van der Waals surface area contributed by atoms with Gasteiger partial charge in [0.15, 0.2) is 17.7 Å². The average molecular weight is 340 g/mol. The van der Waals surface area contributed by atoms with E-state index in [0.29, 0.717) is 22.6 Å². The number of ether oxygens (including phenoxy) is 3. The Morgan fingerprint density at radius 2 is 1.80 bits per heavy atom. The molecule has 3 rings (SSSR count). The number of benzene rings is 1. The molecule has 25 heavy (non-hydrogen) atoms. The van der Waals surface area contributed by atoms with E-state index in [4.69, 9.17) is 14.2 Å². The van der Waals surface area contributed by atoms with Crippen molar-refractivity contribution in [2.45, 2.75) is 13.0 Å². The molecule has 1 aromatic carbocycles. The lowest BCUT2D eigenvalue weighted by molar-refractivity contribution is -0.115. The molecule has 128 valence electrons. The second-order valence-corrected chi connectivity index (χ2v) is 5.50. The predicted molar refractivity (Wildman–Crippen MR) is 88.7 cm³/mol. The molecule has 6 heteroatoms. The fraction of sp³-hybridized carbons (Fsp3) is 0.211. The van der Waals surface area contributed by atoms with Crippen LogP contribution in [-0.2, 0) is 14.3 Å². The van der Waals surface area contributed by atoms with Crippen molar-refractivity contribution in [2.24, 2.45) is 0 Å². The van der Waals surface area contributed by atoms with Crippen molar-refractivity contribution in [1.82, 2.24) is 0 Å². The van der Waals surface area contributed by atoms with Gasteiger partial charge in [-0.2, -0.15) is 0 Å². The van der Waals surface area contributed by atoms with Crippen LogP contribution in [0, 0.1) is 0 Å². The van der Waals surface area contributed by atoms with E-state index in [1.807, 2.05) is 0 Å². The van der Waals surface area contributed by atoms with Crippen molar-refractivity contribution in [3.63, 3.8) is 0 Å².